The Kier molecular flexibility index (Phi) is 5.03. The second-order valence-electron chi connectivity index (χ2n) is 7.48. The van der Waals surface area contributed by atoms with Crippen molar-refractivity contribution in [3.63, 3.8) is 0 Å². The van der Waals surface area contributed by atoms with Crippen LogP contribution in [0.4, 0.5) is 0 Å². The third-order valence-corrected chi connectivity index (χ3v) is 6.24. The number of hydrogen-bond acceptors (Lipinski definition) is 3. The van der Waals surface area contributed by atoms with Crippen molar-refractivity contribution in [1.29, 1.82) is 0 Å². The topological polar surface area (TPSA) is 44.4 Å². The molecule has 2 saturated heterocycles. The molecule has 2 aliphatic heterocycles. The predicted molar refractivity (Wildman–Crippen MR) is 92.6 cm³/mol. The van der Waals surface area contributed by atoms with Crippen molar-refractivity contribution >= 4 is 23.2 Å². The van der Waals surface area contributed by atoms with Gasteiger partial charge in [-0.3, -0.25) is 9.69 Å². The quantitative estimate of drug-likeness (QED) is 0.763. The number of carbonyl (C=O) groups excluding carboxylic acids is 1. The summed E-state index contributed by atoms with van der Waals surface area (Å²) in [6.07, 6.45) is 11.0. The molecule has 3 rings (SSSR count). The maximum atomic E-state index is 12.9. The van der Waals surface area contributed by atoms with Gasteiger partial charge in [0, 0.05) is 7.05 Å². The van der Waals surface area contributed by atoms with E-state index in [1.807, 2.05) is 7.05 Å². The molecule has 3 fully saturated rings. The maximum absolute atomic E-state index is 12.9. The highest BCUT2D eigenvalue weighted by Gasteiger charge is 2.49. The molecule has 0 aromatic rings. The third-order valence-electron chi connectivity index (χ3n) is 5.87. The van der Waals surface area contributed by atoms with Crippen LogP contribution in [-0.4, -0.2) is 41.6 Å². The summed E-state index contributed by atoms with van der Waals surface area (Å²) in [5, 5.41) is 7.44. The van der Waals surface area contributed by atoms with Gasteiger partial charge in [-0.05, 0) is 62.8 Å². The second kappa shape index (κ2) is 6.83. The molecule has 0 radical (unpaired) electrons. The molecule has 3 aliphatic rings. The molecule has 1 aliphatic carbocycles. The van der Waals surface area contributed by atoms with Gasteiger partial charge in [-0.1, -0.05) is 32.1 Å². The van der Waals surface area contributed by atoms with Gasteiger partial charge in [0.1, 0.15) is 5.54 Å². The zero-order chi connectivity index (χ0) is 15.6. The molecule has 1 amide bonds. The fourth-order valence-electron chi connectivity index (χ4n) is 4.47. The van der Waals surface area contributed by atoms with Crippen LogP contribution < -0.4 is 10.6 Å². The van der Waals surface area contributed by atoms with E-state index in [4.69, 9.17) is 12.2 Å². The fourth-order valence-corrected chi connectivity index (χ4v) is 4.75. The largest absolute Gasteiger partial charge is 0.348 e. The summed E-state index contributed by atoms with van der Waals surface area (Å²) in [7, 11) is 1.81. The lowest BCUT2D eigenvalue weighted by Crippen LogP contribution is -2.49. The normalized spacial score (nSPS) is 33.5. The average molecular weight is 324 g/mol. The minimum Gasteiger partial charge on any atom is -0.348 e. The molecule has 124 valence electrons. The number of nitrogens with one attached hydrogen (secondary N) is 2. The van der Waals surface area contributed by atoms with Gasteiger partial charge in [-0.25, -0.2) is 0 Å². The van der Waals surface area contributed by atoms with Gasteiger partial charge in [-0.15, -0.1) is 0 Å². The molecule has 2 atom stereocenters. The zero-order valence-electron chi connectivity index (χ0n) is 13.7. The van der Waals surface area contributed by atoms with Gasteiger partial charge in [0.25, 0.3) is 5.91 Å². The van der Waals surface area contributed by atoms with Crippen LogP contribution in [0.5, 0.6) is 0 Å². The minimum atomic E-state index is -0.431. The molecule has 2 heterocycles. The highest BCUT2D eigenvalue weighted by atomic mass is 32.1. The molecule has 22 heavy (non-hydrogen) atoms. The first-order chi connectivity index (χ1) is 10.6. The Hall–Kier alpha value is -0.680. The molecule has 1 saturated carbocycles. The summed E-state index contributed by atoms with van der Waals surface area (Å²) in [6.45, 7) is 2.12. The molecule has 0 spiro atoms. The van der Waals surface area contributed by atoms with Crippen LogP contribution in [0.3, 0.4) is 0 Å². The summed E-state index contributed by atoms with van der Waals surface area (Å²) in [5.41, 5.74) is -0.431. The highest BCUT2D eigenvalue weighted by Crippen LogP contribution is 2.35. The number of likely N-dealkylation sites (N-methyl/N-ethyl adjacent to an activating group) is 1. The SMILES string of the molecule is CN1C(=O)[C@](CCC2CCCCC2)(CC2CCNC2)NC1=S. The van der Waals surface area contributed by atoms with E-state index in [0.29, 0.717) is 11.0 Å². The minimum absolute atomic E-state index is 0.195. The summed E-state index contributed by atoms with van der Waals surface area (Å²) in [5.74, 6) is 1.60. The second-order valence-corrected chi connectivity index (χ2v) is 7.87. The molecule has 0 aromatic carbocycles. The molecular formula is C17H29N3OS. The van der Waals surface area contributed by atoms with E-state index in [2.05, 4.69) is 10.6 Å². The van der Waals surface area contributed by atoms with Crippen LogP contribution in [0.1, 0.15) is 57.8 Å². The Morgan fingerprint density at radius 2 is 2.00 bits per heavy atom. The lowest BCUT2D eigenvalue weighted by Gasteiger charge is -2.32. The van der Waals surface area contributed by atoms with E-state index in [0.717, 1.165) is 38.3 Å². The standard InChI is InChI=1S/C17H29N3OS/c1-20-15(21)17(19-16(20)22,11-14-8-10-18-12-14)9-7-13-5-3-2-4-6-13/h13-14,18H,2-12H2,1H3,(H,19,22)/t14?,17-/m0/s1. The van der Waals surface area contributed by atoms with Crippen LogP contribution in [0.2, 0.25) is 0 Å². The Balaban J connectivity index is 1.68. The average Bonchev–Trinajstić information content (AvgIpc) is 3.11. The Labute approximate surface area is 139 Å². The molecule has 0 aromatic heterocycles. The van der Waals surface area contributed by atoms with E-state index in [1.54, 1.807) is 4.90 Å². The van der Waals surface area contributed by atoms with Crippen molar-refractivity contribution < 1.29 is 4.79 Å². The Morgan fingerprint density at radius 1 is 1.23 bits per heavy atom. The van der Waals surface area contributed by atoms with Crippen LogP contribution in [0.15, 0.2) is 0 Å². The van der Waals surface area contributed by atoms with Gasteiger partial charge in [0.15, 0.2) is 5.11 Å². The van der Waals surface area contributed by atoms with Crippen molar-refractivity contribution in [2.75, 3.05) is 20.1 Å². The van der Waals surface area contributed by atoms with E-state index in [-0.39, 0.29) is 5.91 Å². The Morgan fingerprint density at radius 3 is 2.59 bits per heavy atom. The van der Waals surface area contributed by atoms with E-state index in [1.165, 1.54) is 38.5 Å². The van der Waals surface area contributed by atoms with Gasteiger partial charge in [-0.2, -0.15) is 0 Å². The van der Waals surface area contributed by atoms with Crippen molar-refractivity contribution in [3.8, 4) is 0 Å². The molecule has 5 heteroatoms. The number of nitrogens with zero attached hydrogens (tertiary/aromatic N) is 1. The van der Waals surface area contributed by atoms with Crippen molar-refractivity contribution in [2.24, 2.45) is 11.8 Å². The molecule has 4 nitrogen and oxygen atoms in total. The summed E-state index contributed by atoms with van der Waals surface area (Å²) < 4.78 is 0. The smallest absolute Gasteiger partial charge is 0.254 e. The van der Waals surface area contributed by atoms with Crippen molar-refractivity contribution in [3.05, 3.63) is 0 Å². The lowest BCUT2D eigenvalue weighted by molar-refractivity contribution is -0.131. The molecular weight excluding hydrogens is 294 g/mol. The van der Waals surface area contributed by atoms with E-state index in [9.17, 15) is 4.79 Å². The van der Waals surface area contributed by atoms with Crippen molar-refractivity contribution in [1.82, 2.24) is 15.5 Å². The first kappa shape index (κ1) is 16.2. The maximum Gasteiger partial charge on any atom is 0.254 e. The monoisotopic (exact) mass is 323 g/mol. The van der Waals surface area contributed by atoms with Crippen LogP contribution in [0.25, 0.3) is 0 Å². The molecule has 1 unspecified atom stereocenters. The van der Waals surface area contributed by atoms with Gasteiger partial charge < -0.3 is 10.6 Å². The first-order valence-electron chi connectivity index (χ1n) is 8.92. The molecule has 2 N–H and O–H groups in total. The van der Waals surface area contributed by atoms with Gasteiger partial charge in [0.05, 0.1) is 0 Å². The lowest BCUT2D eigenvalue weighted by atomic mass is 9.78. The van der Waals surface area contributed by atoms with Crippen LogP contribution in [0, 0.1) is 11.8 Å². The first-order valence-corrected chi connectivity index (χ1v) is 9.32. The summed E-state index contributed by atoms with van der Waals surface area (Å²) >= 11 is 5.36. The number of carbonyl (C=O) groups is 1. The predicted octanol–water partition coefficient (Wildman–Crippen LogP) is 2.43. The Bertz CT molecular complexity index is 430. The van der Waals surface area contributed by atoms with Crippen LogP contribution >= 0.6 is 12.2 Å². The highest BCUT2D eigenvalue weighted by molar-refractivity contribution is 7.80. The summed E-state index contributed by atoms with van der Waals surface area (Å²) in [6, 6.07) is 0. The molecule has 0 bridgehead atoms. The number of rotatable bonds is 5. The number of thiocarbonyl (C=S) groups is 1. The number of hydrogen-bond donors (Lipinski definition) is 2. The van der Waals surface area contributed by atoms with Gasteiger partial charge >= 0.3 is 0 Å². The fraction of sp³-hybridized carbons (Fsp3) is 0.882. The number of amides is 1. The van der Waals surface area contributed by atoms with Crippen LogP contribution in [-0.2, 0) is 4.79 Å². The van der Waals surface area contributed by atoms with Gasteiger partial charge in [0.2, 0.25) is 0 Å². The van der Waals surface area contributed by atoms with E-state index >= 15 is 0 Å². The third kappa shape index (κ3) is 3.30. The van der Waals surface area contributed by atoms with Crippen molar-refractivity contribution in [2.45, 2.75) is 63.3 Å². The van der Waals surface area contributed by atoms with E-state index < -0.39 is 5.54 Å². The zero-order valence-corrected chi connectivity index (χ0v) is 14.5. The summed E-state index contributed by atoms with van der Waals surface area (Å²) in [4.78, 5) is 14.5.